The van der Waals surface area contributed by atoms with Crippen molar-refractivity contribution in [3.8, 4) is 0 Å². The van der Waals surface area contributed by atoms with Crippen molar-refractivity contribution in [3.63, 3.8) is 0 Å². The van der Waals surface area contributed by atoms with Crippen LogP contribution in [0.2, 0.25) is 0 Å². The molecular weight excluding hydrogens is 287 g/mol. The molecule has 2 amide bonds. The van der Waals surface area contributed by atoms with E-state index in [2.05, 4.69) is 10.6 Å². The number of allylic oxidation sites excluding steroid dienone is 4. The highest BCUT2D eigenvalue weighted by Crippen LogP contribution is 2.06. The smallest absolute Gasteiger partial charge is 0.407 e. The van der Waals surface area contributed by atoms with Crippen LogP contribution in [0.5, 0.6) is 0 Å². The second kappa shape index (κ2) is 9.97. The van der Waals surface area contributed by atoms with Crippen LogP contribution in [0, 0.1) is 0 Å². The molecule has 0 atom stereocenters. The van der Waals surface area contributed by atoms with Crippen LogP contribution in [0.1, 0.15) is 53.9 Å². The second-order valence-electron chi connectivity index (χ2n) is 5.88. The number of ether oxygens (including phenoxy) is 1. The van der Waals surface area contributed by atoms with E-state index in [0.717, 1.165) is 0 Å². The van der Waals surface area contributed by atoms with Gasteiger partial charge in [-0.05, 0) is 52.7 Å². The predicted molar refractivity (Wildman–Crippen MR) is 84.9 cm³/mol. The number of hydrogen-bond donors (Lipinski definition) is 2. The molecule has 126 valence electrons. The van der Waals surface area contributed by atoms with Gasteiger partial charge in [0.05, 0.1) is 5.83 Å². The quantitative estimate of drug-likeness (QED) is 0.557. The fraction of sp³-hybridized carbons (Fsp3) is 0.625. The molecule has 0 aromatic carbocycles. The van der Waals surface area contributed by atoms with Crippen LogP contribution in [-0.2, 0) is 9.53 Å². The van der Waals surface area contributed by atoms with Gasteiger partial charge in [-0.15, -0.1) is 0 Å². The maximum absolute atomic E-state index is 12.6. The fourth-order valence-electron chi connectivity index (χ4n) is 1.46. The van der Waals surface area contributed by atoms with Crippen molar-refractivity contribution in [2.75, 3.05) is 6.54 Å². The first-order chi connectivity index (χ1) is 10.1. The number of alkyl carbamates (subject to hydrolysis) is 1. The van der Waals surface area contributed by atoms with E-state index >= 15 is 0 Å². The number of amides is 2. The monoisotopic (exact) mass is 314 g/mol. The van der Waals surface area contributed by atoms with Crippen molar-refractivity contribution in [2.24, 2.45) is 0 Å². The molecule has 0 bridgehead atoms. The average molecular weight is 314 g/mol. The first-order valence-corrected chi connectivity index (χ1v) is 7.43. The van der Waals surface area contributed by atoms with Gasteiger partial charge in [-0.25, -0.2) is 9.18 Å². The molecule has 0 aromatic heterocycles. The molecule has 0 fully saturated rings. The molecule has 0 radical (unpaired) electrons. The Hall–Kier alpha value is -1.85. The molecule has 6 heteroatoms. The average Bonchev–Trinajstić information content (AvgIpc) is 2.37. The highest BCUT2D eigenvalue weighted by molar-refractivity contribution is 5.77. The van der Waals surface area contributed by atoms with E-state index in [4.69, 9.17) is 4.74 Å². The first kappa shape index (κ1) is 20.1. The van der Waals surface area contributed by atoms with Gasteiger partial charge in [0, 0.05) is 18.7 Å². The van der Waals surface area contributed by atoms with E-state index in [0.29, 0.717) is 25.1 Å². The number of carbonyl (C=O) groups excluding carboxylic acids is 2. The van der Waals surface area contributed by atoms with E-state index in [1.54, 1.807) is 26.8 Å². The summed E-state index contributed by atoms with van der Waals surface area (Å²) in [6, 6.07) is 0. The van der Waals surface area contributed by atoms with Gasteiger partial charge in [0.25, 0.3) is 0 Å². The number of halogens is 1. The highest BCUT2D eigenvalue weighted by atomic mass is 19.1. The van der Waals surface area contributed by atoms with Gasteiger partial charge in [0.1, 0.15) is 5.60 Å². The zero-order chi connectivity index (χ0) is 17.2. The number of rotatable bonds is 7. The number of nitrogens with one attached hydrogen (secondary N) is 2. The van der Waals surface area contributed by atoms with Crippen LogP contribution >= 0.6 is 0 Å². The molecule has 0 aliphatic carbocycles. The van der Waals surface area contributed by atoms with Crippen molar-refractivity contribution < 1.29 is 18.7 Å². The van der Waals surface area contributed by atoms with Gasteiger partial charge in [0.2, 0.25) is 5.91 Å². The van der Waals surface area contributed by atoms with E-state index < -0.39 is 11.7 Å². The third kappa shape index (κ3) is 11.9. The summed E-state index contributed by atoms with van der Waals surface area (Å²) < 4.78 is 17.7. The Morgan fingerprint density at radius 2 is 1.86 bits per heavy atom. The maximum Gasteiger partial charge on any atom is 0.407 e. The van der Waals surface area contributed by atoms with Crippen LogP contribution in [0.4, 0.5) is 9.18 Å². The lowest BCUT2D eigenvalue weighted by atomic mass is 10.2. The highest BCUT2D eigenvalue weighted by Gasteiger charge is 2.15. The maximum atomic E-state index is 12.6. The molecule has 0 aromatic rings. The third-order valence-electron chi connectivity index (χ3n) is 2.44. The second-order valence-corrected chi connectivity index (χ2v) is 5.88. The molecule has 0 unspecified atom stereocenters. The van der Waals surface area contributed by atoms with Crippen molar-refractivity contribution >= 4 is 12.0 Å². The number of hydrogen-bond acceptors (Lipinski definition) is 3. The topological polar surface area (TPSA) is 67.4 Å². The summed E-state index contributed by atoms with van der Waals surface area (Å²) in [6.45, 7) is 8.92. The van der Waals surface area contributed by atoms with Crippen LogP contribution in [0.25, 0.3) is 0 Å². The summed E-state index contributed by atoms with van der Waals surface area (Å²) in [7, 11) is 0. The molecule has 2 N–H and O–H groups in total. The van der Waals surface area contributed by atoms with Crippen LogP contribution in [0.15, 0.2) is 23.7 Å². The van der Waals surface area contributed by atoms with E-state index in [-0.39, 0.29) is 18.2 Å². The summed E-state index contributed by atoms with van der Waals surface area (Å²) in [4.78, 5) is 23.1. The van der Waals surface area contributed by atoms with Crippen molar-refractivity contribution in [3.05, 3.63) is 23.7 Å². The Labute approximate surface area is 132 Å². The summed E-state index contributed by atoms with van der Waals surface area (Å²) in [5.74, 6) is -0.481. The minimum absolute atomic E-state index is 0.163. The Kier molecular flexibility index (Phi) is 9.13. The lowest BCUT2D eigenvalue weighted by Crippen LogP contribution is -2.33. The Balaban J connectivity index is 4.02. The zero-order valence-corrected chi connectivity index (χ0v) is 14.1. The van der Waals surface area contributed by atoms with E-state index in [1.165, 1.54) is 13.0 Å². The molecule has 0 rings (SSSR count). The standard InChI is InChI=1S/C16H27FN2O3/c1-6-13(10-9-12(2)17)19-14(20)8-7-11-18-15(21)22-16(3,4)5/h9-10H,6-8,11H2,1-5H3,(H,18,21)(H,19,20)/b12-9+,13-10+. The van der Waals surface area contributed by atoms with Crippen LogP contribution < -0.4 is 10.6 Å². The number of carbonyl (C=O) groups is 2. The molecule has 0 aliphatic rings. The van der Waals surface area contributed by atoms with Gasteiger partial charge in [-0.3, -0.25) is 4.79 Å². The summed E-state index contributed by atoms with van der Waals surface area (Å²) in [6.07, 6.45) is 3.73. The lowest BCUT2D eigenvalue weighted by molar-refractivity contribution is -0.120. The van der Waals surface area contributed by atoms with E-state index in [9.17, 15) is 14.0 Å². The summed E-state index contributed by atoms with van der Waals surface area (Å²) >= 11 is 0. The predicted octanol–water partition coefficient (Wildman–Crippen LogP) is 3.57. The lowest BCUT2D eigenvalue weighted by Gasteiger charge is -2.19. The van der Waals surface area contributed by atoms with Gasteiger partial charge >= 0.3 is 6.09 Å². The minimum atomic E-state index is -0.537. The van der Waals surface area contributed by atoms with Crippen LogP contribution in [0.3, 0.4) is 0 Å². The van der Waals surface area contributed by atoms with Crippen molar-refractivity contribution in [2.45, 2.75) is 59.5 Å². The van der Waals surface area contributed by atoms with Crippen molar-refractivity contribution in [1.82, 2.24) is 10.6 Å². The molecule has 0 saturated heterocycles. The van der Waals surface area contributed by atoms with E-state index in [1.807, 2.05) is 6.92 Å². The van der Waals surface area contributed by atoms with Crippen LogP contribution in [-0.4, -0.2) is 24.1 Å². The molecule has 0 heterocycles. The molecule has 0 aliphatic heterocycles. The Morgan fingerprint density at radius 3 is 2.36 bits per heavy atom. The SMILES string of the molecule is CC/C(=C\C=C(/C)F)NC(=O)CCCNC(=O)OC(C)(C)C. The molecular formula is C16H27FN2O3. The first-order valence-electron chi connectivity index (χ1n) is 7.43. The Morgan fingerprint density at radius 1 is 1.23 bits per heavy atom. The van der Waals surface area contributed by atoms with Gasteiger partial charge in [0.15, 0.2) is 0 Å². The molecule has 22 heavy (non-hydrogen) atoms. The van der Waals surface area contributed by atoms with Gasteiger partial charge < -0.3 is 15.4 Å². The van der Waals surface area contributed by atoms with Gasteiger partial charge in [-0.1, -0.05) is 6.92 Å². The largest absolute Gasteiger partial charge is 0.444 e. The third-order valence-corrected chi connectivity index (χ3v) is 2.44. The fourth-order valence-corrected chi connectivity index (χ4v) is 1.46. The minimum Gasteiger partial charge on any atom is -0.444 e. The summed E-state index contributed by atoms with van der Waals surface area (Å²) in [5.41, 5.74) is 0.117. The zero-order valence-electron chi connectivity index (χ0n) is 14.1. The molecule has 5 nitrogen and oxygen atoms in total. The Bertz CT molecular complexity index is 433. The molecule has 0 spiro atoms. The molecule has 0 saturated carbocycles. The normalized spacial score (nSPS) is 12.8. The van der Waals surface area contributed by atoms with Crippen molar-refractivity contribution in [1.29, 1.82) is 0 Å². The summed E-state index contributed by atoms with van der Waals surface area (Å²) in [5, 5.41) is 5.30. The van der Waals surface area contributed by atoms with Gasteiger partial charge in [-0.2, -0.15) is 0 Å².